The van der Waals surface area contributed by atoms with Crippen LogP contribution in [0.15, 0.2) is 48.5 Å². The summed E-state index contributed by atoms with van der Waals surface area (Å²) in [6.07, 6.45) is 1.89. The molecule has 0 aliphatic carbocycles. The third-order valence-corrected chi connectivity index (χ3v) is 6.50. The van der Waals surface area contributed by atoms with E-state index in [-0.39, 0.29) is 5.56 Å². The van der Waals surface area contributed by atoms with Gasteiger partial charge in [-0.3, -0.25) is 4.90 Å². The first-order valence-corrected chi connectivity index (χ1v) is 10.0. The predicted octanol–water partition coefficient (Wildman–Crippen LogP) is 5.64. The zero-order valence-electron chi connectivity index (χ0n) is 16.0. The molecule has 2 aliphatic rings. The number of hydrogen-bond donors (Lipinski definition) is 1. The van der Waals surface area contributed by atoms with Crippen LogP contribution in [0.4, 0.5) is 13.2 Å². The van der Waals surface area contributed by atoms with Crippen molar-refractivity contribution in [3.8, 4) is 11.1 Å². The molecule has 150 valence electrons. The Kier molecular flexibility index (Phi) is 5.00. The van der Waals surface area contributed by atoms with Crippen molar-refractivity contribution < 1.29 is 18.3 Å². The van der Waals surface area contributed by atoms with Crippen molar-refractivity contribution in [3.63, 3.8) is 0 Å². The molecule has 4 rings (SSSR count). The Hall–Kier alpha value is -1.85. The number of alkyl halides is 3. The lowest BCUT2D eigenvalue weighted by atomic mass is 9.93. The summed E-state index contributed by atoms with van der Waals surface area (Å²) in [6.45, 7) is 1.76. The van der Waals surface area contributed by atoms with Crippen molar-refractivity contribution in [2.24, 2.45) is 0 Å². The number of piperidine rings is 1. The summed E-state index contributed by atoms with van der Waals surface area (Å²) in [6, 6.07) is 15.7. The van der Waals surface area contributed by atoms with Gasteiger partial charge >= 0.3 is 6.18 Å². The number of aliphatic hydroxyl groups is 1. The first-order chi connectivity index (χ1) is 13.3. The van der Waals surface area contributed by atoms with E-state index < -0.39 is 11.8 Å². The number of rotatable bonds is 4. The number of benzene rings is 2. The molecule has 2 aromatic rings. The third-order valence-electron chi connectivity index (χ3n) is 6.50. The Morgan fingerprint density at radius 3 is 1.86 bits per heavy atom. The van der Waals surface area contributed by atoms with Gasteiger partial charge in [-0.05, 0) is 54.9 Å². The van der Waals surface area contributed by atoms with Gasteiger partial charge in [-0.1, -0.05) is 55.0 Å². The lowest BCUT2D eigenvalue weighted by molar-refractivity contribution is -0.258. The first-order valence-electron chi connectivity index (χ1n) is 10.0. The van der Waals surface area contributed by atoms with E-state index in [9.17, 15) is 18.3 Å². The van der Waals surface area contributed by atoms with Crippen molar-refractivity contribution in [3.05, 3.63) is 59.7 Å². The second-order valence-electron chi connectivity index (χ2n) is 8.33. The van der Waals surface area contributed by atoms with Crippen LogP contribution in [0.5, 0.6) is 0 Å². The number of halogens is 3. The summed E-state index contributed by atoms with van der Waals surface area (Å²) in [7, 11) is 0. The Morgan fingerprint density at radius 2 is 1.36 bits per heavy atom. The average molecular weight is 389 g/mol. The molecule has 1 N–H and O–H groups in total. The van der Waals surface area contributed by atoms with Crippen molar-refractivity contribution in [2.45, 2.75) is 69.4 Å². The summed E-state index contributed by atoms with van der Waals surface area (Å²) in [5, 5.41) is 9.79. The molecule has 0 spiro atoms. The molecule has 5 heteroatoms. The maximum Gasteiger partial charge on any atom is 0.421 e. The van der Waals surface area contributed by atoms with Crippen LogP contribution in [0.2, 0.25) is 0 Å². The van der Waals surface area contributed by atoms with E-state index >= 15 is 0 Å². The van der Waals surface area contributed by atoms with Crippen LogP contribution in [0.3, 0.4) is 0 Å². The smallest absolute Gasteiger partial charge is 0.376 e. The summed E-state index contributed by atoms with van der Waals surface area (Å²) in [4.78, 5) is 2.65. The van der Waals surface area contributed by atoms with Gasteiger partial charge in [0.05, 0.1) is 0 Å². The minimum Gasteiger partial charge on any atom is -0.376 e. The lowest BCUT2D eigenvalue weighted by Gasteiger charge is -2.34. The number of nitrogens with zero attached hydrogens (tertiary/aromatic N) is 1. The molecule has 2 bridgehead atoms. The zero-order chi connectivity index (χ0) is 19.9. The Morgan fingerprint density at radius 1 is 0.857 bits per heavy atom. The summed E-state index contributed by atoms with van der Waals surface area (Å²) < 4.78 is 39.0. The molecule has 3 atom stereocenters. The molecule has 0 aromatic heterocycles. The van der Waals surface area contributed by atoms with Gasteiger partial charge in [-0.15, -0.1) is 0 Å². The molecular formula is C23H26F3NO. The van der Waals surface area contributed by atoms with Crippen LogP contribution in [0.1, 0.15) is 50.2 Å². The van der Waals surface area contributed by atoms with Gasteiger partial charge in [0.25, 0.3) is 0 Å². The van der Waals surface area contributed by atoms with Crippen LogP contribution < -0.4 is 0 Å². The van der Waals surface area contributed by atoms with E-state index in [4.69, 9.17) is 0 Å². The molecule has 0 saturated carbocycles. The third kappa shape index (κ3) is 3.58. The Labute approximate surface area is 164 Å². The van der Waals surface area contributed by atoms with Gasteiger partial charge < -0.3 is 5.11 Å². The SMILES string of the molecule is CC(O)(c1ccc(-c2ccc(CN3C4CCCC3CC4)cc2)cc1)C(F)(F)F. The van der Waals surface area contributed by atoms with Crippen molar-refractivity contribution in [2.75, 3.05) is 0 Å². The normalized spacial score (nSPS) is 24.9. The molecule has 2 aromatic carbocycles. The summed E-state index contributed by atoms with van der Waals surface area (Å²) in [5.41, 5.74) is 0.0819. The summed E-state index contributed by atoms with van der Waals surface area (Å²) in [5.74, 6) is 0. The molecule has 2 aliphatic heterocycles. The Bertz CT molecular complexity index is 795. The molecule has 2 heterocycles. The highest BCUT2D eigenvalue weighted by molar-refractivity contribution is 5.64. The van der Waals surface area contributed by atoms with Crippen LogP contribution in [-0.4, -0.2) is 28.3 Å². The molecule has 0 amide bonds. The fraction of sp³-hybridized carbons (Fsp3) is 0.478. The van der Waals surface area contributed by atoms with Gasteiger partial charge in [0, 0.05) is 18.6 Å². The van der Waals surface area contributed by atoms with Gasteiger partial charge in [-0.25, -0.2) is 0 Å². The molecule has 2 saturated heterocycles. The van der Waals surface area contributed by atoms with E-state index in [1.807, 2.05) is 12.1 Å². The first kappa shape index (κ1) is 19.5. The van der Waals surface area contributed by atoms with Crippen LogP contribution >= 0.6 is 0 Å². The van der Waals surface area contributed by atoms with Crippen LogP contribution in [0.25, 0.3) is 11.1 Å². The number of hydrogen-bond acceptors (Lipinski definition) is 2. The van der Waals surface area contributed by atoms with Gasteiger partial charge in [-0.2, -0.15) is 13.2 Å². The highest BCUT2D eigenvalue weighted by Gasteiger charge is 2.51. The van der Waals surface area contributed by atoms with Crippen molar-refractivity contribution >= 4 is 0 Å². The van der Waals surface area contributed by atoms with Crippen molar-refractivity contribution in [1.29, 1.82) is 0 Å². The van der Waals surface area contributed by atoms with E-state index in [0.717, 1.165) is 36.7 Å². The Balaban J connectivity index is 1.47. The standard InChI is InChI=1S/C23H26F3NO/c1-22(28,23(24,25)26)19-11-9-18(10-12-19)17-7-5-16(6-8-17)15-27-20-3-2-4-21(27)14-13-20/h5-12,20-21,28H,2-4,13-15H2,1H3. The maximum absolute atomic E-state index is 13.0. The molecule has 3 unspecified atom stereocenters. The fourth-order valence-electron chi connectivity index (χ4n) is 4.65. The zero-order valence-corrected chi connectivity index (χ0v) is 16.0. The second kappa shape index (κ2) is 7.20. The molecule has 0 radical (unpaired) electrons. The van der Waals surface area contributed by atoms with Crippen LogP contribution in [0, 0.1) is 0 Å². The highest BCUT2D eigenvalue weighted by Crippen LogP contribution is 2.39. The summed E-state index contributed by atoms with van der Waals surface area (Å²) >= 11 is 0. The van der Waals surface area contributed by atoms with Gasteiger partial charge in [0.2, 0.25) is 0 Å². The van der Waals surface area contributed by atoms with Gasteiger partial charge in [0.15, 0.2) is 5.60 Å². The van der Waals surface area contributed by atoms with Gasteiger partial charge in [0.1, 0.15) is 0 Å². The minimum absolute atomic E-state index is 0.152. The predicted molar refractivity (Wildman–Crippen MR) is 104 cm³/mol. The van der Waals surface area contributed by atoms with E-state index in [0.29, 0.717) is 0 Å². The number of fused-ring (bicyclic) bond motifs is 2. The lowest BCUT2D eigenvalue weighted by Crippen LogP contribution is -2.39. The van der Waals surface area contributed by atoms with Crippen LogP contribution in [-0.2, 0) is 12.1 Å². The van der Waals surface area contributed by atoms with Crippen molar-refractivity contribution in [1.82, 2.24) is 4.90 Å². The molecule has 28 heavy (non-hydrogen) atoms. The van der Waals surface area contributed by atoms with E-state index in [1.54, 1.807) is 12.1 Å². The maximum atomic E-state index is 13.0. The second-order valence-corrected chi connectivity index (χ2v) is 8.33. The topological polar surface area (TPSA) is 23.5 Å². The average Bonchev–Trinajstić information content (AvgIpc) is 2.88. The monoisotopic (exact) mass is 389 g/mol. The highest BCUT2D eigenvalue weighted by atomic mass is 19.4. The van der Waals surface area contributed by atoms with E-state index in [1.165, 1.54) is 49.8 Å². The van der Waals surface area contributed by atoms with E-state index in [2.05, 4.69) is 17.0 Å². The molecular weight excluding hydrogens is 363 g/mol. The quantitative estimate of drug-likeness (QED) is 0.731. The molecule has 2 fully saturated rings. The minimum atomic E-state index is -4.70. The largest absolute Gasteiger partial charge is 0.421 e. The fourth-order valence-corrected chi connectivity index (χ4v) is 4.65. The molecule has 2 nitrogen and oxygen atoms in total.